The average molecular weight is 263 g/mol. The van der Waals surface area contributed by atoms with Crippen LogP contribution in [0.3, 0.4) is 0 Å². The van der Waals surface area contributed by atoms with E-state index < -0.39 is 0 Å². The van der Waals surface area contributed by atoms with Crippen LogP contribution in [0.25, 0.3) is 0 Å². The summed E-state index contributed by atoms with van der Waals surface area (Å²) in [5.74, 6) is 1.44. The van der Waals surface area contributed by atoms with Crippen molar-refractivity contribution in [2.75, 3.05) is 18.0 Å². The van der Waals surface area contributed by atoms with E-state index in [1.807, 2.05) is 0 Å². The van der Waals surface area contributed by atoms with Crippen molar-refractivity contribution in [2.45, 2.75) is 25.9 Å². The van der Waals surface area contributed by atoms with Gasteiger partial charge < -0.3 is 10.0 Å². The maximum atomic E-state index is 11.0. The number of hydrogen-bond donors (Lipinski definition) is 1. The molecule has 2 fully saturated rings. The lowest BCUT2D eigenvalue weighted by Gasteiger charge is -2.19. The van der Waals surface area contributed by atoms with Crippen LogP contribution >= 0.6 is 0 Å². The van der Waals surface area contributed by atoms with Gasteiger partial charge in [-0.05, 0) is 25.7 Å². The Morgan fingerprint density at radius 1 is 1.47 bits per heavy atom. The zero-order chi connectivity index (χ0) is 13.6. The normalized spacial score (nSPS) is 29.6. The molecule has 3 atom stereocenters. The van der Waals surface area contributed by atoms with E-state index in [0.29, 0.717) is 23.2 Å². The van der Waals surface area contributed by atoms with Crippen LogP contribution in [0.2, 0.25) is 0 Å². The highest BCUT2D eigenvalue weighted by atomic mass is 16.6. The van der Waals surface area contributed by atoms with E-state index in [1.54, 1.807) is 19.2 Å². The highest BCUT2D eigenvalue weighted by molar-refractivity contribution is 5.51. The molecule has 1 aromatic heterocycles. The van der Waals surface area contributed by atoms with Crippen molar-refractivity contribution in [3.05, 3.63) is 27.9 Å². The minimum atomic E-state index is -0.369. The standard InChI is InChI=1S/C13H17N3O3/c1-8-5-14-13(4-11(8)16(18)19)15-6-9-2-3-12(17)10(9)7-15/h4-5,9-10,12,17H,2-3,6-7H2,1H3. The third-order valence-corrected chi connectivity index (χ3v) is 4.40. The fraction of sp³-hybridized carbons (Fsp3) is 0.615. The Kier molecular flexibility index (Phi) is 2.89. The van der Waals surface area contributed by atoms with Gasteiger partial charge in [0.15, 0.2) is 0 Å². The smallest absolute Gasteiger partial charge is 0.277 e. The molecule has 1 aliphatic carbocycles. The summed E-state index contributed by atoms with van der Waals surface area (Å²) in [5, 5.41) is 20.9. The second-order valence-electron chi connectivity index (χ2n) is 5.56. The minimum Gasteiger partial charge on any atom is -0.393 e. The molecule has 0 amide bonds. The lowest BCUT2D eigenvalue weighted by atomic mass is 10.00. The van der Waals surface area contributed by atoms with Crippen LogP contribution in [-0.2, 0) is 0 Å². The summed E-state index contributed by atoms with van der Waals surface area (Å²) >= 11 is 0. The molecule has 102 valence electrons. The summed E-state index contributed by atoms with van der Waals surface area (Å²) in [7, 11) is 0. The number of nitrogens with zero attached hydrogens (tertiary/aromatic N) is 3. The monoisotopic (exact) mass is 263 g/mol. The van der Waals surface area contributed by atoms with Gasteiger partial charge in [-0.25, -0.2) is 4.98 Å². The molecule has 6 nitrogen and oxygen atoms in total. The van der Waals surface area contributed by atoms with E-state index in [2.05, 4.69) is 9.88 Å². The summed E-state index contributed by atoms with van der Waals surface area (Å²) in [6.45, 7) is 3.28. The first-order chi connectivity index (χ1) is 9.06. The van der Waals surface area contributed by atoms with Crippen molar-refractivity contribution in [1.29, 1.82) is 0 Å². The van der Waals surface area contributed by atoms with Crippen LogP contribution in [0.5, 0.6) is 0 Å². The molecule has 0 bridgehead atoms. The number of aryl methyl sites for hydroxylation is 1. The van der Waals surface area contributed by atoms with Gasteiger partial charge in [0, 0.05) is 30.8 Å². The molecule has 2 heterocycles. The average Bonchev–Trinajstić information content (AvgIpc) is 2.92. The molecule has 1 aliphatic heterocycles. The molecule has 1 saturated heterocycles. The van der Waals surface area contributed by atoms with Gasteiger partial charge in [0.25, 0.3) is 5.69 Å². The molecule has 0 radical (unpaired) electrons. The second kappa shape index (κ2) is 4.45. The number of aliphatic hydroxyl groups is 1. The van der Waals surface area contributed by atoms with E-state index in [-0.39, 0.29) is 16.7 Å². The van der Waals surface area contributed by atoms with Crippen LogP contribution in [0.1, 0.15) is 18.4 Å². The van der Waals surface area contributed by atoms with Crippen molar-refractivity contribution in [3.63, 3.8) is 0 Å². The number of aromatic nitrogens is 1. The summed E-state index contributed by atoms with van der Waals surface area (Å²) < 4.78 is 0. The number of fused-ring (bicyclic) bond motifs is 1. The molecule has 0 spiro atoms. The number of rotatable bonds is 2. The number of nitro groups is 1. The molecule has 1 aromatic rings. The van der Waals surface area contributed by atoms with Crippen LogP contribution in [0.4, 0.5) is 11.5 Å². The fourth-order valence-corrected chi connectivity index (χ4v) is 3.30. The molecular weight excluding hydrogens is 246 g/mol. The molecular formula is C13H17N3O3. The van der Waals surface area contributed by atoms with Gasteiger partial charge >= 0.3 is 0 Å². The van der Waals surface area contributed by atoms with Gasteiger partial charge in [0.1, 0.15) is 5.82 Å². The third kappa shape index (κ3) is 2.06. The Morgan fingerprint density at radius 2 is 2.26 bits per heavy atom. The number of pyridine rings is 1. The summed E-state index contributed by atoms with van der Waals surface area (Å²) in [4.78, 5) is 16.9. The minimum absolute atomic E-state index is 0.114. The maximum Gasteiger partial charge on any atom is 0.277 e. The molecule has 1 saturated carbocycles. The zero-order valence-electron chi connectivity index (χ0n) is 10.8. The van der Waals surface area contributed by atoms with Crippen molar-refractivity contribution < 1.29 is 10.0 Å². The number of hydrogen-bond acceptors (Lipinski definition) is 5. The Labute approximate surface area is 111 Å². The predicted octanol–water partition coefficient (Wildman–Crippen LogP) is 1.51. The first kappa shape index (κ1) is 12.3. The molecule has 3 rings (SSSR count). The van der Waals surface area contributed by atoms with Gasteiger partial charge in [-0.15, -0.1) is 0 Å². The van der Waals surface area contributed by atoms with Crippen molar-refractivity contribution >= 4 is 11.5 Å². The quantitative estimate of drug-likeness (QED) is 0.646. The van der Waals surface area contributed by atoms with Crippen LogP contribution in [-0.4, -0.2) is 34.2 Å². The van der Waals surface area contributed by atoms with Crippen LogP contribution in [0.15, 0.2) is 12.3 Å². The topological polar surface area (TPSA) is 79.5 Å². The molecule has 1 N–H and O–H groups in total. The van der Waals surface area contributed by atoms with Crippen molar-refractivity contribution in [1.82, 2.24) is 4.98 Å². The van der Waals surface area contributed by atoms with E-state index in [9.17, 15) is 15.2 Å². The Hall–Kier alpha value is -1.69. The lowest BCUT2D eigenvalue weighted by Crippen LogP contribution is -2.25. The van der Waals surface area contributed by atoms with Gasteiger partial charge in [0.2, 0.25) is 0 Å². The zero-order valence-corrected chi connectivity index (χ0v) is 10.8. The van der Waals surface area contributed by atoms with Crippen LogP contribution in [0, 0.1) is 28.9 Å². The highest BCUT2D eigenvalue weighted by Gasteiger charge is 2.42. The van der Waals surface area contributed by atoms with E-state index in [1.165, 1.54) is 0 Å². The van der Waals surface area contributed by atoms with Gasteiger partial charge in [-0.1, -0.05) is 0 Å². The van der Waals surface area contributed by atoms with E-state index in [4.69, 9.17) is 0 Å². The second-order valence-corrected chi connectivity index (χ2v) is 5.56. The number of aliphatic hydroxyl groups excluding tert-OH is 1. The van der Waals surface area contributed by atoms with E-state index >= 15 is 0 Å². The Morgan fingerprint density at radius 3 is 2.95 bits per heavy atom. The van der Waals surface area contributed by atoms with E-state index in [0.717, 1.165) is 25.9 Å². The molecule has 6 heteroatoms. The largest absolute Gasteiger partial charge is 0.393 e. The highest BCUT2D eigenvalue weighted by Crippen LogP contribution is 2.39. The SMILES string of the molecule is Cc1cnc(N2CC3CCC(O)C3C2)cc1[N+](=O)[O-]. The molecule has 19 heavy (non-hydrogen) atoms. The number of anilines is 1. The molecule has 0 aromatic carbocycles. The molecule has 2 aliphatic rings. The summed E-state index contributed by atoms with van der Waals surface area (Å²) in [6, 6.07) is 1.54. The van der Waals surface area contributed by atoms with Gasteiger partial charge in [-0.2, -0.15) is 0 Å². The maximum absolute atomic E-state index is 11.0. The van der Waals surface area contributed by atoms with Gasteiger partial charge in [-0.3, -0.25) is 10.1 Å². The molecule has 3 unspecified atom stereocenters. The lowest BCUT2D eigenvalue weighted by molar-refractivity contribution is -0.385. The first-order valence-electron chi connectivity index (χ1n) is 6.60. The third-order valence-electron chi connectivity index (χ3n) is 4.40. The fourth-order valence-electron chi connectivity index (χ4n) is 3.30. The Bertz CT molecular complexity index is 520. The van der Waals surface area contributed by atoms with Crippen molar-refractivity contribution in [3.8, 4) is 0 Å². The van der Waals surface area contributed by atoms with Crippen molar-refractivity contribution in [2.24, 2.45) is 11.8 Å². The predicted molar refractivity (Wildman–Crippen MR) is 70.1 cm³/mol. The van der Waals surface area contributed by atoms with Gasteiger partial charge in [0.05, 0.1) is 17.1 Å². The Balaban J connectivity index is 1.84. The first-order valence-corrected chi connectivity index (χ1v) is 6.60. The summed E-state index contributed by atoms with van der Waals surface area (Å²) in [6.07, 6.45) is 3.24. The van der Waals surface area contributed by atoms with Crippen LogP contribution < -0.4 is 4.90 Å². The summed E-state index contributed by atoms with van der Waals surface area (Å²) in [5.41, 5.74) is 0.691.